The van der Waals surface area contributed by atoms with Gasteiger partial charge in [-0.2, -0.15) is 0 Å². The smallest absolute Gasteiger partial charge is 0.336 e. The number of aliphatic hydroxyl groups is 1. The van der Waals surface area contributed by atoms with Crippen molar-refractivity contribution >= 4 is 17.9 Å². The highest BCUT2D eigenvalue weighted by Gasteiger charge is 2.40. The lowest BCUT2D eigenvalue weighted by Crippen LogP contribution is -2.42. The average Bonchev–Trinajstić information content (AvgIpc) is 2.99. The van der Waals surface area contributed by atoms with Crippen molar-refractivity contribution in [2.24, 2.45) is 0 Å². The molecule has 0 aliphatic carbocycles. The number of benzene rings is 2. The summed E-state index contributed by atoms with van der Waals surface area (Å²) in [6.07, 6.45) is 0.373. The highest BCUT2D eigenvalue weighted by atomic mass is 16.5. The SMILES string of the molecule is COc1cc2c(cc1OC)[C@@H](c1ccc(OC(C)C)cc1)N[C@@H](c1cccnc1OC)C2.O=C(O)CC(O)(CC(=O)O)C(=O)O. The number of aliphatic carboxylic acids is 3. The molecule has 0 unspecified atom stereocenters. The number of hydrogen-bond acceptors (Lipinski definition) is 10. The number of hydrogen-bond donors (Lipinski definition) is 5. The van der Waals surface area contributed by atoms with Crippen LogP contribution in [0.25, 0.3) is 0 Å². The van der Waals surface area contributed by atoms with Gasteiger partial charge in [0.05, 0.1) is 46.3 Å². The highest BCUT2D eigenvalue weighted by molar-refractivity contribution is 5.88. The molecule has 0 saturated heterocycles. The lowest BCUT2D eigenvalue weighted by atomic mass is 9.84. The molecular weight excluding hydrogens is 588 g/mol. The number of fused-ring (bicyclic) bond motifs is 1. The van der Waals surface area contributed by atoms with E-state index in [9.17, 15) is 14.4 Å². The summed E-state index contributed by atoms with van der Waals surface area (Å²) < 4.78 is 22.6. The van der Waals surface area contributed by atoms with E-state index in [-0.39, 0.29) is 18.2 Å². The van der Waals surface area contributed by atoms with Crippen molar-refractivity contribution in [2.45, 2.75) is 56.9 Å². The summed E-state index contributed by atoms with van der Waals surface area (Å²) in [4.78, 5) is 34.9. The van der Waals surface area contributed by atoms with Crippen LogP contribution in [0.3, 0.4) is 0 Å². The minimum absolute atomic E-state index is 0.0286. The Kier molecular flexibility index (Phi) is 11.7. The summed E-state index contributed by atoms with van der Waals surface area (Å²) in [6.45, 7) is 4.05. The quantitative estimate of drug-likeness (QED) is 0.196. The third-order valence-electron chi connectivity index (χ3n) is 6.99. The van der Waals surface area contributed by atoms with Crippen molar-refractivity contribution in [3.05, 3.63) is 77.0 Å². The second kappa shape index (κ2) is 15.2. The molecule has 0 saturated carbocycles. The van der Waals surface area contributed by atoms with E-state index >= 15 is 0 Å². The fraction of sp³-hybridized carbons (Fsp3) is 0.375. The maximum Gasteiger partial charge on any atom is 0.336 e. The number of carbonyl (C=O) groups is 3. The minimum atomic E-state index is -2.74. The molecule has 1 aromatic heterocycles. The second-order valence-electron chi connectivity index (χ2n) is 10.6. The van der Waals surface area contributed by atoms with Crippen LogP contribution >= 0.6 is 0 Å². The Hall–Kier alpha value is -4.88. The maximum absolute atomic E-state index is 10.3. The predicted molar refractivity (Wildman–Crippen MR) is 161 cm³/mol. The summed E-state index contributed by atoms with van der Waals surface area (Å²) in [5.41, 5.74) is 1.80. The normalized spacial score (nSPS) is 15.6. The lowest BCUT2D eigenvalue weighted by Gasteiger charge is -2.35. The zero-order chi connectivity index (χ0) is 33.3. The largest absolute Gasteiger partial charge is 0.493 e. The molecule has 1 aliphatic heterocycles. The summed E-state index contributed by atoms with van der Waals surface area (Å²) in [6, 6.07) is 16.4. The molecule has 0 radical (unpaired) electrons. The van der Waals surface area contributed by atoms with Crippen LogP contribution in [0.2, 0.25) is 0 Å². The number of nitrogens with zero attached hydrogens (tertiary/aromatic N) is 1. The Morgan fingerprint density at radius 1 is 0.911 bits per heavy atom. The predicted octanol–water partition coefficient (Wildman–Crippen LogP) is 3.62. The van der Waals surface area contributed by atoms with E-state index in [4.69, 9.17) is 39.4 Å². The minimum Gasteiger partial charge on any atom is -0.493 e. The van der Waals surface area contributed by atoms with Gasteiger partial charge in [0.2, 0.25) is 5.88 Å². The first-order valence-corrected chi connectivity index (χ1v) is 14.0. The molecule has 1 aliphatic rings. The molecule has 13 nitrogen and oxygen atoms in total. The van der Waals surface area contributed by atoms with Crippen LogP contribution in [0.1, 0.15) is 61.0 Å². The molecule has 2 atom stereocenters. The van der Waals surface area contributed by atoms with Crippen LogP contribution in [0, 0.1) is 0 Å². The van der Waals surface area contributed by atoms with Gasteiger partial charge in [0.1, 0.15) is 5.75 Å². The van der Waals surface area contributed by atoms with Gasteiger partial charge in [0.25, 0.3) is 0 Å². The van der Waals surface area contributed by atoms with E-state index in [1.54, 1.807) is 27.5 Å². The molecule has 0 spiro atoms. The van der Waals surface area contributed by atoms with E-state index in [1.165, 1.54) is 11.1 Å². The van der Waals surface area contributed by atoms with E-state index in [0.717, 1.165) is 34.8 Å². The third-order valence-corrected chi connectivity index (χ3v) is 6.99. The standard InChI is InChI=1S/C26H30N2O4.C6H8O7/c1-16(2)32-19-10-8-17(9-11-19)25-21-15-24(30-4)23(29-3)14-18(21)13-22(28-25)20-7-6-12-27-26(20)31-5;7-3(8)1-6(13,5(11)12)2-4(9)10/h6-12,14-16,22,25,28H,13H2,1-5H3;13H,1-2H2,(H,7,8)(H,9,10)(H,11,12)/t22-,25-;/m1./s1. The topological polar surface area (TPSA) is 194 Å². The number of carboxylic acid groups (broad SMARTS) is 3. The van der Waals surface area contributed by atoms with E-state index in [1.807, 2.05) is 32.0 Å². The highest BCUT2D eigenvalue weighted by Crippen LogP contribution is 2.42. The number of pyridine rings is 1. The number of rotatable bonds is 12. The first-order chi connectivity index (χ1) is 21.3. The molecule has 5 N–H and O–H groups in total. The molecule has 45 heavy (non-hydrogen) atoms. The number of aromatic nitrogens is 1. The summed E-state index contributed by atoms with van der Waals surface area (Å²) in [7, 11) is 4.98. The fourth-order valence-electron chi connectivity index (χ4n) is 4.99. The molecule has 242 valence electrons. The van der Waals surface area contributed by atoms with Crippen molar-refractivity contribution in [2.75, 3.05) is 21.3 Å². The first kappa shape index (κ1) is 34.6. The maximum atomic E-state index is 10.3. The number of methoxy groups -OCH3 is 3. The van der Waals surface area contributed by atoms with Gasteiger partial charge >= 0.3 is 17.9 Å². The number of carboxylic acids is 3. The third kappa shape index (κ3) is 8.83. The molecule has 2 heterocycles. The van der Waals surface area contributed by atoms with Crippen LogP contribution in [0.15, 0.2) is 54.7 Å². The van der Waals surface area contributed by atoms with Gasteiger partial charge in [-0.1, -0.05) is 18.2 Å². The van der Waals surface area contributed by atoms with Crippen LogP contribution in [0.5, 0.6) is 23.1 Å². The van der Waals surface area contributed by atoms with Crippen molar-refractivity contribution in [3.8, 4) is 23.1 Å². The lowest BCUT2D eigenvalue weighted by molar-refractivity contribution is -0.170. The van der Waals surface area contributed by atoms with Gasteiger partial charge in [-0.3, -0.25) is 14.9 Å². The van der Waals surface area contributed by atoms with E-state index in [2.05, 4.69) is 40.6 Å². The second-order valence-corrected chi connectivity index (χ2v) is 10.6. The monoisotopic (exact) mass is 626 g/mol. The summed E-state index contributed by atoms with van der Waals surface area (Å²) >= 11 is 0. The van der Waals surface area contributed by atoms with Gasteiger partial charge in [-0.15, -0.1) is 0 Å². The zero-order valence-corrected chi connectivity index (χ0v) is 25.6. The summed E-state index contributed by atoms with van der Waals surface area (Å²) in [5.74, 6) is -2.08. The number of nitrogens with one attached hydrogen (secondary N) is 1. The number of ether oxygens (including phenoxy) is 4. The van der Waals surface area contributed by atoms with E-state index < -0.39 is 36.4 Å². The van der Waals surface area contributed by atoms with Gasteiger partial charge in [-0.05, 0) is 67.3 Å². The van der Waals surface area contributed by atoms with Crippen LogP contribution in [-0.2, 0) is 20.8 Å². The molecular formula is C32H38N2O11. The van der Waals surface area contributed by atoms with Crippen molar-refractivity contribution in [1.82, 2.24) is 10.3 Å². The molecule has 4 rings (SSSR count). The van der Waals surface area contributed by atoms with Crippen molar-refractivity contribution in [3.63, 3.8) is 0 Å². The first-order valence-electron chi connectivity index (χ1n) is 14.0. The molecule has 0 bridgehead atoms. The van der Waals surface area contributed by atoms with Crippen molar-refractivity contribution in [1.29, 1.82) is 0 Å². The Bertz CT molecular complexity index is 1470. The zero-order valence-electron chi connectivity index (χ0n) is 25.6. The van der Waals surface area contributed by atoms with Crippen LogP contribution in [-0.4, -0.2) is 76.4 Å². The average molecular weight is 627 g/mol. The van der Waals surface area contributed by atoms with Crippen LogP contribution in [0.4, 0.5) is 0 Å². The molecule has 13 heteroatoms. The van der Waals surface area contributed by atoms with Gasteiger partial charge < -0.3 is 39.4 Å². The van der Waals surface area contributed by atoms with Gasteiger partial charge in [0, 0.05) is 17.8 Å². The molecule has 0 fully saturated rings. The Balaban J connectivity index is 0.000000360. The fourth-order valence-corrected chi connectivity index (χ4v) is 4.99. The van der Waals surface area contributed by atoms with Crippen molar-refractivity contribution < 1.29 is 53.8 Å². The van der Waals surface area contributed by atoms with Crippen LogP contribution < -0.4 is 24.3 Å². The van der Waals surface area contributed by atoms with Gasteiger partial charge in [0.15, 0.2) is 17.1 Å². The Morgan fingerprint density at radius 3 is 2.02 bits per heavy atom. The molecule has 2 aromatic carbocycles. The molecule has 0 amide bonds. The Morgan fingerprint density at radius 2 is 1.51 bits per heavy atom. The molecule has 3 aromatic rings. The summed E-state index contributed by atoms with van der Waals surface area (Å²) in [5, 5.41) is 37.6. The van der Waals surface area contributed by atoms with Gasteiger partial charge in [-0.25, -0.2) is 9.78 Å². The van der Waals surface area contributed by atoms with E-state index in [0.29, 0.717) is 5.88 Å². The Labute approximate surface area is 260 Å².